The molecule has 0 heterocycles. The van der Waals surface area contributed by atoms with Crippen molar-refractivity contribution in [3.8, 4) is 0 Å². The highest BCUT2D eigenvalue weighted by Gasteiger charge is 2.19. The van der Waals surface area contributed by atoms with E-state index in [4.69, 9.17) is 0 Å². The molecule has 2 rings (SSSR count). The second kappa shape index (κ2) is 10.9. The van der Waals surface area contributed by atoms with E-state index in [1.165, 1.54) is 5.56 Å². The van der Waals surface area contributed by atoms with E-state index in [1.54, 1.807) is 4.90 Å². The molecule has 2 amide bonds. The lowest BCUT2D eigenvalue weighted by molar-refractivity contribution is -0.124. The average Bonchev–Trinajstić information content (AvgIpc) is 2.70. The van der Waals surface area contributed by atoms with Crippen LogP contribution in [0.4, 0.5) is 18.9 Å². The summed E-state index contributed by atoms with van der Waals surface area (Å²) in [4.78, 5) is 26.4. The topological polar surface area (TPSA) is 61.4 Å². The van der Waals surface area contributed by atoms with Crippen LogP contribution < -0.4 is 10.6 Å². The lowest BCUT2D eigenvalue weighted by atomic mass is 10.0. The van der Waals surface area contributed by atoms with E-state index in [2.05, 4.69) is 10.6 Å². The quantitative estimate of drug-likeness (QED) is 0.579. The third-order valence-corrected chi connectivity index (χ3v) is 4.99. The van der Waals surface area contributed by atoms with E-state index >= 15 is 0 Å². The number of amides is 2. The molecule has 5 nitrogen and oxygen atoms in total. The molecule has 0 radical (unpaired) electrons. The smallest absolute Gasteiger partial charge is 0.238 e. The minimum Gasteiger partial charge on any atom is -0.348 e. The predicted octanol–water partition coefficient (Wildman–Crippen LogP) is 4.25. The molecule has 8 heteroatoms. The first-order valence-electron chi connectivity index (χ1n) is 10.1. The highest BCUT2D eigenvalue weighted by atomic mass is 19.2. The van der Waals surface area contributed by atoms with E-state index in [0.29, 0.717) is 13.0 Å². The summed E-state index contributed by atoms with van der Waals surface area (Å²) in [6.07, 6.45) is 0.687. The van der Waals surface area contributed by atoms with Gasteiger partial charge in [0.15, 0.2) is 17.5 Å². The molecule has 1 atom stereocenters. The number of carbonyl (C=O) groups excluding carboxylic acids is 2. The van der Waals surface area contributed by atoms with Crippen LogP contribution in [0.15, 0.2) is 30.3 Å². The van der Waals surface area contributed by atoms with Crippen LogP contribution in [0.1, 0.15) is 43.0 Å². The summed E-state index contributed by atoms with van der Waals surface area (Å²) in [6, 6.07) is 7.46. The van der Waals surface area contributed by atoms with Gasteiger partial charge in [-0.15, -0.1) is 0 Å². The number of nitrogens with zero attached hydrogens (tertiary/aromatic N) is 1. The van der Waals surface area contributed by atoms with Crippen molar-refractivity contribution in [3.63, 3.8) is 0 Å². The van der Waals surface area contributed by atoms with Gasteiger partial charge in [-0.3, -0.25) is 14.5 Å². The fourth-order valence-electron chi connectivity index (χ4n) is 3.15. The summed E-state index contributed by atoms with van der Waals surface area (Å²) in [5.41, 5.74) is 2.82. The summed E-state index contributed by atoms with van der Waals surface area (Å²) in [5, 5.41) is 5.14. The molecule has 0 saturated carbocycles. The highest BCUT2D eigenvalue weighted by Crippen LogP contribution is 2.20. The van der Waals surface area contributed by atoms with Gasteiger partial charge in [0.1, 0.15) is 0 Å². The number of hydrogen-bond acceptors (Lipinski definition) is 3. The van der Waals surface area contributed by atoms with Crippen molar-refractivity contribution in [1.29, 1.82) is 0 Å². The summed E-state index contributed by atoms with van der Waals surface area (Å²) < 4.78 is 40.1. The standard InChI is InChI=1S/C23H28F3N3O2/c1-5-10-29(13-21(31)28-19-9-8-18(24)22(25)23(19)26)12-20(30)27-16(4)17-7-6-14(2)15(3)11-17/h6-9,11,16H,5,10,12-13H2,1-4H3,(H,27,30)(H,28,31). The number of anilines is 1. The van der Waals surface area contributed by atoms with Gasteiger partial charge in [0.2, 0.25) is 11.8 Å². The van der Waals surface area contributed by atoms with Crippen molar-refractivity contribution in [2.75, 3.05) is 25.0 Å². The molecule has 0 bridgehead atoms. The van der Waals surface area contributed by atoms with Crippen molar-refractivity contribution in [1.82, 2.24) is 10.2 Å². The van der Waals surface area contributed by atoms with E-state index in [1.807, 2.05) is 45.9 Å². The Bertz CT molecular complexity index is 950. The van der Waals surface area contributed by atoms with Crippen molar-refractivity contribution < 1.29 is 22.8 Å². The maximum absolute atomic E-state index is 13.8. The van der Waals surface area contributed by atoms with Gasteiger partial charge in [0.05, 0.1) is 24.8 Å². The summed E-state index contributed by atoms with van der Waals surface area (Å²) in [5.74, 6) is -5.34. The molecule has 0 aromatic heterocycles. The number of carbonyl (C=O) groups is 2. The fourth-order valence-corrected chi connectivity index (χ4v) is 3.15. The molecule has 0 saturated heterocycles. The molecule has 1 unspecified atom stereocenters. The molecule has 0 aliphatic carbocycles. The second-order valence-electron chi connectivity index (χ2n) is 7.61. The maximum Gasteiger partial charge on any atom is 0.238 e. The lowest BCUT2D eigenvalue weighted by Gasteiger charge is -2.22. The third kappa shape index (κ3) is 6.82. The van der Waals surface area contributed by atoms with Crippen LogP contribution in [-0.2, 0) is 9.59 Å². The van der Waals surface area contributed by atoms with Gasteiger partial charge in [-0.1, -0.05) is 25.1 Å². The lowest BCUT2D eigenvalue weighted by Crippen LogP contribution is -2.42. The van der Waals surface area contributed by atoms with Crippen LogP contribution in [-0.4, -0.2) is 36.3 Å². The van der Waals surface area contributed by atoms with Crippen molar-refractivity contribution in [2.45, 2.75) is 40.2 Å². The van der Waals surface area contributed by atoms with E-state index in [-0.39, 0.29) is 25.0 Å². The van der Waals surface area contributed by atoms with Gasteiger partial charge < -0.3 is 10.6 Å². The van der Waals surface area contributed by atoms with Gasteiger partial charge in [-0.25, -0.2) is 13.2 Å². The number of halogens is 3. The van der Waals surface area contributed by atoms with Crippen molar-refractivity contribution >= 4 is 17.5 Å². The molecule has 0 aliphatic rings. The number of rotatable bonds is 9. The number of nitrogens with one attached hydrogen (secondary N) is 2. The number of benzene rings is 2. The first-order chi connectivity index (χ1) is 14.6. The van der Waals surface area contributed by atoms with E-state index in [0.717, 1.165) is 23.3 Å². The van der Waals surface area contributed by atoms with Crippen LogP contribution in [0, 0.1) is 31.3 Å². The fraction of sp³-hybridized carbons (Fsp3) is 0.391. The van der Waals surface area contributed by atoms with E-state index < -0.39 is 29.0 Å². The van der Waals surface area contributed by atoms with Crippen LogP contribution in [0.25, 0.3) is 0 Å². The molecular weight excluding hydrogens is 407 g/mol. The zero-order valence-electron chi connectivity index (χ0n) is 18.2. The molecule has 0 spiro atoms. The average molecular weight is 435 g/mol. The van der Waals surface area contributed by atoms with Crippen LogP contribution in [0.2, 0.25) is 0 Å². The Balaban J connectivity index is 1.96. The summed E-state index contributed by atoms with van der Waals surface area (Å²) >= 11 is 0. The Morgan fingerprint density at radius 1 is 0.968 bits per heavy atom. The van der Waals surface area contributed by atoms with Gasteiger partial charge in [-0.05, 0) is 62.6 Å². The molecule has 0 aliphatic heterocycles. The number of hydrogen-bond donors (Lipinski definition) is 2. The summed E-state index contributed by atoms with van der Waals surface area (Å²) in [6.45, 7) is 8.03. The first-order valence-corrected chi connectivity index (χ1v) is 10.1. The molecule has 2 N–H and O–H groups in total. The normalized spacial score (nSPS) is 12.0. The van der Waals surface area contributed by atoms with Gasteiger partial charge in [0, 0.05) is 0 Å². The van der Waals surface area contributed by atoms with Crippen LogP contribution in [0.5, 0.6) is 0 Å². The largest absolute Gasteiger partial charge is 0.348 e. The van der Waals surface area contributed by atoms with Gasteiger partial charge in [0.25, 0.3) is 0 Å². The molecule has 2 aromatic carbocycles. The Kier molecular flexibility index (Phi) is 8.62. The molecule has 2 aromatic rings. The van der Waals surface area contributed by atoms with Crippen LogP contribution >= 0.6 is 0 Å². The van der Waals surface area contributed by atoms with Crippen LogP contribution in [0.3, 0.4) is 0 Å². The Hall–Kier alpha value is -2.87. The first kappa shape index (κ1) is 24.4. The zero-order valence-corrected chi connectivity index (χ0v) is 18.2. The third-order valence-electron chi connectivity index (χ3n) is 4.99. The minimum atomic E-state index is -1.65. The SMILES string of the molecule is CCCN(CC(=O)Nc1ccc(F)c(F)c1F)CC(=O)NC(C)c1ccc(C)c(C)c1. The number of aryl methyl sites for hydroxylation is 2. The second-order valence-corrected chi connectivity index (χ2v) is 7.61. The highest BCUT2D eigenvalue weighted by molar-refractivity contribution is 5.92. The van der Waals surface area contributed by atoms with Crippen molar-refractivity contribution in [2.24, 2.45) is 0 Å². The molecule has 31 heavy (non-hydrogen) atoms. The maximum atomic E-state index is 13.8. The molecular formula is C23H28F3N3O2. The zero-order chi connectivity index (χ0) is 23.1. The molecule has 168 valence electrons. The molecule has 0 fully saturated rings. The predicted molar refractivity (Wildman–Crippen MR) is 114 cm³/mol. The van der Waals surface area contributed by atoms with E-state index in [9.17, 15) is 22.8 Å². The van der Waals surface area contributed by atoms with Gasteiger partial charge >= 0.3 is 0 Å². The monoisotopic (exact) mass is 435 g/mol. The Morgan fingerprint density at radius 3 is 2.29 bits per heavy atom. The Morgan fingerprint density at radius 2 is 1.65 bits per heavy atom. The van der Waals surface area contributed by atoms with Gasteiger partial charge in [-0.2, -0.15) is 0 Å². The van der Waals surface area contributed by atoms with Crippen molar-refractivity contribution in [3.05, 3.63) is 64.5 Å². The summed E-state index contributed by atoms with van der Waals surface area (Å²) in [7, 11) is 0. The minimum absolute atomic E-state index is 0.0310. The Labute approximate surface area is 180 Å².